The maximum absolute atomic E-state index is 13.1. The first-order valence-corrected chi connectivity index (χ1v) is 12.0. The molecular weight excluding hydrogens is 491 g/mol. The summed E-state index contributed by atoms with van der Waals surface area (Å²) in [6.45, 7) is 5.06. The highest BCUT2D eigenvalue weighted by atomic mass is 19.4. The summed E-state index contributed by atoms with van der Waals surface area (Å²) in [6.07, 6.45) is -3.21. The molecule has 2 aromatic carbocycles. The fourth-order valence-electron chi connectivity index (χ4n) is 3.84. The molecule has 0 N–H and O–H groups in total. The molecule has 7 nitrogen and oxygen atoms in total. The summed E-state index contributed by atoms with van der Waals surface area (Å²) < 4.78 is 50.8. The van der Waals surface area contributed by atoms with Crippen molar-refractivity contribution in [1.29, 1.82) is 0 Å². The van der Waals surface area contributed by atoms with Crippen LogP contribution >= 0.6 is 0 Å². The van der Waals surface area contributed by atoms with Gasteiger partial charge in [0.1, 0.15) is 17.4 Å². The number of unbranched alkanes of at least 4 members (excludes halogenated alkanes) is 2. The van der Waals surface area contributed by atoms with Crippen molar-refractivity contribution in [2.75, 3.05) is 13.2 Å². The van der Waals surface area contributed by atoms with Gasteiger partial charge in [-0.05, 0) is 69.9 Å². The van der Waals surface area contributed by atoms with Crippen LogP contribution in [0.2, 0.25) is 0 Å². The Kier molecular flexibility index (Phi) is 8.96. The van der Waals surface area contributed by atoms with Crippen molar-refractivity contribution in [3.8, 4) is 5.75 Å². The number of carbonyl (C=O) groups is 3. The highest BCUT2D eigenvalue weighted by Gasteiger charge is 2.44. The van der Waals surface area contributed by atoms with E-state index in [-0.39, 0.29) is 30.6 Å². The number of hydrogen-bond donors (Lipinski definition) is 0. The number of halogens is 3. The maximum Gasteiger partial charge on any atom is 0.522 e. The number of ether oxygens (including phenoxy) is 3. The van der Waals surface area contributed by atoms with E-state index in [0.717, 1.165) is 4.90 Å². The number of esters is 1. The lowest BCUT2D eigenvalue weighted by Crippen LogP contribution is -2.48. The topological polar surface area (TPSA) is 82.1 Å². The number of nitrogens with zero attached hydrogens (tertiary/aromatic N) is 1. The first kappa shape index (κ1) is 28.2. The van der Waals surface area contributed by atoms with E-state index < -0.39 is 35.8 Å². The van der Waals surface area contributed by atoms with Crippen molar-refractivity contribution < 1.29 is 41.8 Å². The zero-order valence-corrected chi connectivity index (χ0v) is 21.0. The zero-order valence-electron chi connectivity index (χ0n) is 21.0. The molecule has 0 bridgehead atoms. The van der Waals surface area contributed by atoms with Gasteiger partial charge in [-0.1, -0.05) is 24.3 Å². The molecule has 0 aliphatic carbocycles. The molecule has 0 fully saturated rings. The first-order valence-electron chi connectivity index (χ1n) is 12.0. The van der Waals surface area contributed by atoms with Crippen molar-refractivity contribution in [2.24, 2.45) is 0 Å². The molecule has 2 amide bonds. The lowest BCUT2D eigenvalue weighted by Gasteiger charge is -2.28. The van der Waals surface area contributed by atoms with Crippen LogP contribution in [0.1, 0.15) is 66.3 Å². The molecule has 3 rings (SSSR count). The fraction of sp³-hybridized carbons (Fsp3) is 0.444. The third kappa shape index (κ3) is 8.04. The number of imide groups is 1. The van der Waals surface area contributed by atoms with Crippen LogP contribution in [0.15, 0.2) is 48.5 Å². The second kappa shape index (κ2) is 11.8. The summed E-state index contributed by atoms with van der Waals surface area (Å²) in [5.41, 5.74) is 0.360. The quantitative estimate of drug-likeness (QED) is 0.226. The maximum atomic E-state index is 13.1. The molecule has 0 radical (unpaired) electrons. The zero-order chi connectivity index (χ0) is 27.2. The fourth-order valence-corrected chi connectivity index (χ4v) is 3.84. The Morgan fingerprint density at radius 1 is 0.865 bits per heavy atom. The lowest BCUT2D eigenvalue weighted by molar-refractivity contribution is -0.324. The molecular formula is C27H30F3NO6. The minimum atomic E-state index is -4.61. The van der Waals surface area contributed by atoms with Gasteiger partial charge in [-0.3, -0.25) is 19.2 Å². The Morgan fingerprint density at radius 3 is 1.97 bits per heavy atom. The van der Waals surface area contributed by atoms with E-state index in [4.69, 9.17) is 9.47 Å². The molecule has 200 valence electrons. The predicted octanol–water partition coefficient (Wildman–Crippen LogP) is 5.32. The minimum absolute atomic E-state index is 0.0554. The number of alkyl halides is 3. The Morgan fingerprint density at radius 2 is 1.43 bits per heavy atom. The second-order valence-electron chi connectivity index (χ2n) is 9.63. The Balaban J connectivity index is 1.62. The third-order valence-electron chi connectivity index (χ3n) is 5.49. The van der Waals surface area contributed by atoms with Gasteiger partial charge < -0.3 is 9.47 Å². The van der Waals surface area contributed by atoms with E-state index in [2.05, 4.69) is 4.74 Å². The largest absolute Gasteiger partial charge is 0.522 e. The second-order valence-corrected chi connectivity index (χ2v) is 9.63. The monoisotopic (exact) mass is 521 g/mol. The Hall–Kier alpha value is -3.40. The number of carbonyl (C=O) groups excluding carboxylic acids is 3. The predicted molar refractivity (Wildman–Crippen MR) is 128 cm³/mol. The molecule has 0 saturated carbocycles. The van der Waals surface area contributed by atoms with Gasteiger partial charge in [-0.2, -0.15) is 0 Å². The minimum Gasteiger partial charge on any atom is -0.494 e. The van der Waals surface area contributed by atoms with Crippen LogP contribution in [0.5, 0.6) is 5.75 Å². The van der Waals surface area contributed by atoms with Crippen molar-refractivity contribution in [1.82, 2.24) is 4.90 Å². The van der Waals surface area contributed by atoms with Gasteiger partial charge in [0.15, 0.2) is 0 Å². The van der Waals surface area contributed by atoms with Crippen molar-refractivity contribution in [3.63, 3.8) is 0 Å². The van der Waals surface area contributed by atoms with Crippen molar-refractivity contribution >= 4 is 17.8 Å². The van der Waals surface area contributed by atoms with Crippen LogP contribution in [-0.4, -0.2) is 53.9 Å². The summed E-state index contributed by atoms with van der Waals surface area (Å²) in [7, 11) is 0. The first-order chi connectivity index (χ1) is 17.4. The molecule has 0 aromatic heterocycles. The van der Waals surface area contributed by atoms with Gasteiger partial charge >= 0.3 is 12.3 Å². The molecule has 1 aliphatic rings. The normalized spacial score (nSPS) is 14.5. The molecule has 0 saturated heterocycles. The molecule has 0 spiro atoms. The summed E-state index contributed by atoms with van der Waals surface area (Å²) in [5.74, 6) is -1.23. The number of rotatable bonds is 11. The summed E-state index contributed by atoms with van der Waals surface area (Å²) >= 11 is 0. The lowest BCUT2D eigenvalue weighted by atomic mass is 10.0. The summed E-state index contributed by atoms with van der Waals surface area (Å²) in [6, 6.07) is 12.1. The number of fused-ring (bicyclic) bond motifs is 1. The van der Waals surface area contributed by atoms with Crippen LogP contribution in [0.25, 0.3) is 0 Å². The molecule has 10 heteroatoms. The van der Waals surface area contributed by atoms with E-state index in [0.29, 0.717) is 30.8 Å². The highest BCUT2D eigenvalue weighted by molar-refractivity contribution is 6.22. The average molecular weight is 522 g/mol. The van der Waals surface area contributed by atoms with Crippen LogP contribution in [0.4, 0.5) is 13.2 Å². The van der Waals surface area contributed by atoms with Crippen LogP contribution in [-0.2, 0) is 20.7 Å². The van der Waals surface area contributed by atoms with E-state index >= 15 is 0 Å². The smallest absolute Gasteiger partial charge is 0.494 e. The van der Waals surface area contributed by atoms with Crippen LogP contribution < -0.4 is 4.74 Å². The van der Waals surface area contributed by atoms with Gasteiger partial charge in [0.2, 0.25) is 0 Å². The van der Waals surface area contributed by atoms with Gasteiger partial charge in [-0.15, -0.1) is 13.2 Å². The van der Waals surface area contributed by atoms with Crippen LogP contribution in [0, 0.1) is 0 Å². The Bertz CT molecular complexity index is 1070. The van der Waals surface area contributed by atoms with E-state index in [1.54, 1.807) is 69.3 Å². The molecule has 0 unspecified atom stereocenters. The summed E-state index contributed by atoms with van der Waals surface area (Å²) in [4.78, 5) is 40.1. The molecule has 37 heavy (non-hydrogen) atoms. The number of hydrogen-bond acceptors (Lipinski definition) is 6. The van der Waals surface area contributed by atoms with Gasteiger partial charge in [-0.25, -0.2) is 4.79 Å². The average Bonchev–Trinajstić information content (AvgIpc) is 3.06. The van der Waals surface area contributed by atoms with Crippen LogP contribution in [0.3, 0.4) is 0 Å². The molecule has 2 aromatic rings. The van der Waals surface area contributed by atoms with Crippen molar-refractivity contribution in [2.45, 2.75) is 64.5 Å². The van der Waals surface area contributed by atoms with E-state index in [9.17, 15) is 27.6 Å². The number of benzene rings is 2. The van der Waals surface area contributed by atoms with Crippen molar-refractivity contribution in [3.05, 3.63) is 65.2 Å². The molecule has 1 aliphatic heterocycles. The third-order valence-corrected chi connectivity index (χ3v) is 5.49. The van der Waals surface area contributed by atoms with Gasteiger partial charge in [0, 0.05) is 6.42 Å². The number of amides is 2. The highest BCUT2D eigenvalue weighted by Crippen LogP contribution is 2.28. The van der Waals surface area contributed by atoms with Gasteiger partial charge in [0.25, 0.3) is 11.8 Å². The SMILES string of the molecule is CC(C)(C)OC(=O)[C@H](Cc1ccc(OCCCCCOC(F)(F)F)cc1)N1C(=O)c2ccccc2C1=O. The summed E-state index contributed by atoms with van der Waals surface area (Å²) in [5, 5.41) is 0. The Labute approximate surface area is 213 Å². The standard InChI is InChI=1S/C27H30F3NO6/c1-26(2,3)37-25(34)22(31-23(32)20-9-5-6-10-21(20)24(31)33)17-18-11-13-19(14-12-18)35-15-7-4-8-16-36-27(28,29)30/h5-6,9-14,22H,4,7-8,15-17H2,1-3H3/t22-/m0/s1. The van der Waals surface area contributed by atoms with E-state index in [1.807, 2.05) is 0 Å². The molecule has 1 heterocycles. The van der Waals surface area contributed by atoms with Gasteiger partial charge in [0.05, 0.1) is 24.3 Å². The molecule has 1 atom stereocenters. The van der Waals surface area contributed by atoms with E-state index in [1.165, 1.54) is 0 Å².